The average molecular weight is 231 g/mol. The minimum Gasteiger partial charge on any atom is -0.305 e. The SMILES string of the molecule is Cc1cccc(C(=O)C2(C)CCCCN2)c1C. The van der Waals surface area contributed by atoms with Crippen molar-refractivity contribution in [3.05, 3.63) is 34.9 Å². The van der Waals surface area contributed by atoms with Gasteiger partial charge in [0.1, 0.15) is 0 Å². The lowest BCUT2D eigenvalue weighted by atomic mass is 9.82. The normalized spacial score (nSPS) is 24.6. The number of hydrogen-bond donors (Lipinski definition) is 1. The predicted octanol–water partition coefficient (Wildman–Crippen LogP) is 3.02. The van der Waals surface area contributed by atoms with Crippen LogP contribution < -0.4 is 5.32 Å². The van der Waals surface area contributed by atoms with E-state index in [0.717, 1.165) is 30.5 Å². The summed E-state index contributed by atoms with van der Waals surface area (Å²) in [5, 5.41) is 3.39. The molecule has 1 saturated heterocycles. The van der Waals surface area contributed by atoms with E-state index in [4.69, 9.17) is 0 Å². The van der Waals surface area contributed by atoms with Gasteiger partial charge in [-0.2, -0.15) is 0 Å². The first kappa shape index (κ1) is 12.3. The number of piperidine rings is 1. The largest absolute Gasteiger partial charge is 0.305 e. The molecule has 0 amide bonds. The van der Waals surface area contributed by atoms with Gasteiger partial charge in [0.25, 0.3) is 0 Å². The van der Waals surface area contributed by atoms with Crippen molar-refractivity contribution in [2.75, 3.05) is 6.54 Å². The molecular formula is C15H21NO. The van der Waals surface area contributed by atoms with Crippen molar-refractivity contribution < 1.29 is 4.79 Å². The van der Waals surface area contributed by atoms with Crippen molar-refractivity contribution in [3.8, 4) is 0 Å². The molecule has 0 spiro atoms. The average Bonchev–Trinajstić information content (AvgIpc) is 2.33. The van der Waals surface area contributed by atoms with Crippen LogP contribution in [-0.4, -0.2) is 17.9 Å². The van der Waals surface area contributed by atoms with Crippen LogP contribution >= 0.6 is 0 Å². The van der Waals surface area contributed by atoms with Gasteiger partial charge in [-0.3, -0.25) is 4.79 Å². The Kier molecular flexibility index (Phi) is 3.34. The molecule has 1 fully saturated rings. The van der Waals surface area contributed by atoms with Gasteiger partial charge >= 0.3 is 0 Å². The molecule has 1 aliphatic heterocycles. The zero-order valence-electron chi connectivity index (χ0n) is 11.0. The second kappa shape index (κ2) is 4.61. The molecule has 1 aromatic carbocycles. The zero-order valence-corrected chi connectivity index (χ0v) is 11.0. The van der Waals surface area contributed by atoms with Gasteiger partial charge in [-0.1, -0.05) is 18.2 Å². The molecule has 0 aliphatic carbocycles. The molecule has 17 heavy (non-hydrogen) atoms. The van der Waals surface area contributed by atoms with Gasteiger partial charge in [0, 0.05) is 5.56 Å². The maximum atomic E-state index is 12.6. The second-order valence-electron chi connectivity index (χ2n) is 5.29. The van der Waals surface area contributed by atoms with E-state index in [0.29, 0.717) is 0 Å². The Balaban J connectivity index is 2.33. The van der Waals surface area contributed by atoms with E-state index in [-0.39, 0.29) is 11.3 Å². The van der Waals surface area contributed by atoms with Crippen LogP contribution in [0, 0.1) is 13.8 Å². The number of hydrogen-bond acceptors (Lipinski definition) is 2. The first-order valence-electron chi connectivity index (χ1n) is 6.41. The summed E-state index contributed by atoms with van der Waals surface area (Å²) in [5.41, 5.74) is 2.82. The third-order valence-electron chi connectivity index (χ3n) is 3.97. The highest BCUT2D eigenvalue weighted by molar-refractivity contribution is 6.04. The molecule has 1 unspecified atom stereocenters. The van der Waals surface area contributed by atoms with E-state index in [9.17, 15) is 4.79 Å². The quantitative estimate of drug-likeness (QED) is 0.793. The van der Waals surface area contributed by atoms with Crippen LogP contribution in [0.25, 0.3) is 0 Å². The van der Waals surface area contributed by atoms with E-state index in [1.54, 1.807) is 0 Å². The Morgan fingerprint density at radius 1 is 1.29 bits per heavy atom. The summed E-state index contributed by atoms with van der Waals surface area (Å²) < 4.78 is 0. The first-order chi connectivity index (χ1) is 8.04. The smallest absolute Gasteiger partial charge is 0.182 e. The molecule has 0 saturated carbocycles. The van der Waals surface area contributed by atoms with E-state index in [2.05, 4.69) is 18.3 Å². The van der Waals surface area contributed by atoms with Gasteiger partial charge in [-0.15, -0.1) is 0 Å². The number of Topliss-reactive ketones (excluding diaryl/α,β-unsaturated/α-hetero) is 1. The van der Waals surface area contributed by atoms with Crippen LogP contribution in [-0.2, 0) is 0 Å². The molecule has 0 aromatic heterocycles. The van der Waals surface area contributed by atoms with Gasteiger partial charge in [0.2, 0.25) is 0 Å². The minimum atomic E-state index is -0.364. The topological polar surface area (TPSA) is 29.1 Å². The minimum absolute atomic E-state index is 0.249. The second-order valence-corrected chi connectivity index (χ2v) is 5.29. The third-order valence-corrected chi connectivity index (χ3v) is 3.97. The molecule has 1 aliphatic rings. The number of nitrogens with one attached hydrogen (secondary N) is 1. The fraction of sp³-hybridized carbons (Fsp3) is 0.533. The molecule has 0 bridgehead atoms. The molecule has 1 heterocycles. The predicted molar refractivity (Wildman–Crippen MR) is 70.5 cm³/mol. The monoisotopic (exact) mass is 231 g/mol. The molecule has 1 aromatic rings. The Hall–Kier alpha value is -1.15. The number of carbonyl (C=O) groups excluding carboxylic acids is 1. The number of ketones is 1. The number of benzene rings is 1. The van der Waals surface area contributed by atoms with Crippen molar-refractivity contribution in [2.45, 2.75) is 45.6 Å². The lowest BCUT2D eigenvalue weighted by molar-refractivity contribution is 0.0834. The van der Waals surface area contributed by atoms with E-state index >= 15 is 0 Å². The van der Waals surface area contributed by atoms with Crippen molar-refractivity contribution >= 4 is 5.78 Å². The van der Waals surface area contributed by atoms with Crippen LogP contribution in [0.3, 0.4) is 0 Å². The first-order valence-corrected chi connectivity index (χ1v) is 6.41. The van der Waals surface area contributed by atoms with Crippen LogP contribution in [0.15, 0.2) is 18.2 Å². The summed E-state index contributed by atoms with van der Waals surface area (Å²) >= 11 is 0. The Morgan fingerprint density at radius 3 is 2.71 bits per heavy atom. The molecular weight excluding hydrogens is 210 g/mol. The number of carbonyl (C=O) groups is 1. The number of aryl methyl sites for hydroxylation is 1. The van der Waals surface area contributed by atoms with Gasteiger partial charge in [-0.25, -0.2) is 0 Å². The Labute approximate surface area is 103 Å². The van der Waals surface area contributed by atoms with Gasteiger partial charge in [-0.05, 0) is 57.7 Å². The van der Waals surface area contributed by atoms with Crippen LogP contribution in [0.2, 0.25) is 0 Å². The molecule has 1 N–H and O–H groups in total. The molecule has 1 atom stereocenters. The zero-order chi connectivity index (χ0) is 12.5. The van der Waals surface area contributed by atoms with Gasteiger partial charge in [0.15, 0.2) is 5.78 Å². The summed E-state index contributed by atoms with van der Waals surface area (Å²) in [5.74, 6) is 0.249. The van der Waals surface area contributed by atoms with Crippen LogP contribution in [0.1, 0.15) is 47.7 Å². The van der Waals surface area contributed by atoms with Crippen LogP contribution in [0.5, 0.6) is 0 Å². The Bertz CT molecular complexity index is 431. The van der Waals surface area contributed by atoms with E-state index < -0.39 is 0 Å². The van der Waals surface area contributed by atoms with Crippen molar-refractivity contribution in [3.63, 3.8) is 0 Å². The highest BCUT2D eigenvalue weighted by Gasteiger charge is 2.35. The highest BCUT2D eigenvalue weighted by atomic mass is 16.1. The molecule has 0 radical (unpaired) electrons. The lowest BCUT2D eigenvalue weighted by Gasteiger charge is -2.34. The molecule has 2 rings (SSSR count). The van der Waals surface area contributed by atoms with Crippen LogP contribution in [0.4, 0.5) is 0 Å². The van der Waals surface area contributed by atoms with E-state index in [1.165, 1.54) is 12.0 Å². The maximum absolute atomic E-state index is 12.6. The summed E-state index contributed by atoms with van der Waals surface area (Å²) in [6.45, 7) is 7.08. The van der Waals surface area contributed by atoms with Crippen molar-refractivity contribution in [2.24, 2.45) is 0 Å². The van der Waals surface area contributed by atoms with E-state index in [1.807, 2.05) is 26.0 Å². The summed E-state index contributed by atoms with van der Waals surface area (Å²) in [6, 6.07) is 5.98. The Morgan fingerprint density at radius 2 is 2.06 bits per heavy atom. The molecule has 2 nitrogen and oxygen atoms in total. The van der Waals surface area contributed by atoms with Crippen molar-refractivity contribution in [1.29, 1.82) is 0 Å². The molecule has 92 valence electrons. The van der Waals surface area contributed by atoms with Gasteiger partial charge < -0.3 is 5.32 Å². The summed E-state index contributed by atoms with van der Waals surface area (Å²) in [6.07, 6.45) is 3.26. The number of rotatable bonds is 2. The molecule has 2 heteroatoms. The van der Waals surface area contributed by atoms with Crippen molar-refractivity contribution in [1.82, 2.24) is 5.32 Å². The third kappa shape index (κ3) is 2.27. The fourth-order valence-electron chi connectivity index (χ4n) is 2.54. The lowest BCUT2D eigenvalue weighted by Crippen LogP contribution is -2.52. The van der Waals surface area contributed by atoms with Gasteiger partial charge in [0.05, 0.1) is 5.54 Å². The standard InChI is InChI=1S/C15H21NO/c1-11-7-6-8-13(12(11)2)14(17)15(3)9-4-5-10-16-15/h6-8,16H,4-5,9-10H2,1-3H3. The maximum Gasteiger partial charge on any atom is 0.182 e. The highest BCUT2D eigenvalue weighted by Crippen LogP contribution is 2.25. The fourth-order valence-corrected chi connectivity index (χ4v) is 2.54. The summed E-state index contributed by atoms with van der Waals surface area (Å²) in [4.78, 5) is 12.6. The summed E-state index contributed by atoms with van der Waals surface area (Å²) in [7, 11) is 0.